The highest BCUT2D eigenvalue weighted by atomic mass is 19.4. The van der Waals surface area contributed by atoms with E-state index >= 15 is 0 Å². The van der Waals surface area contributed by atoms with Crippen LogP contribution in [0.2, 0.25) is 0 Å². The Morgan fingerprint density at radius 3 is 2.86 bits per heavy atom. The number of carbonyl (C=O) groups excluding carboxylic acids is 2. The highest BCUT2D eigenvalue weighted by molar-refractivity contribution is 5.84. The molecule has 4 N–H and O–H groups in total. The third-order valence-electron chi connectivity index (χ3n) is 4.57. The maximum absolute atomic E-state index is 12.9. The van der Waals surface area contributed by atoms with Gasteiger partial charge in [0.05, 0.1) is 12.2 Å². The molecule has 3 amide bonds. The van der Waals surface area contributed by atoms with Gasteiger partial charge in [0.2, 0.25) is 5.91 Å². The van der Waals surface area contributed by atoms with Gasteiger partial charge in [0.25, 0.3) is 0 Å². The number of halogens is 3. The molecule has 0 saturated carbocycles. The van der Waals surface area contributed by atoms with Crippen LogP contribution in [0, 0.1) is 0 Å². The van der Waals surface area contributed by atoms with Gasteiger partial charge in [-0.05, 0) is 30.5 Å². The van der Waals surface area contributed by atoms with Crippen molar-refractivity contribution in [3.05, 3.63) is 23.8 Å². The summed E-state index contributed by atoms with van der Waals surface area (Å²) in [5, 5.41) is 17.1. The second kappa shape index (κ2) is 8.13. The van der Waals surface area contributed by atoms with Crippen LogP contribution in [0.25, 0.3) is 0 Å². The van der Waals surface area contributed by atoms with E-state index in [0.717, 1.165) is 10.5 Å². The summed E-state index contributed by atoms with van der Waals surface area (Å²) < 4.78 is 44.1. The van der Waals surface area contributed by atoms with Crippen LogP contribution in [0.5, 0.6) is 5.75 Å². The summed E-state index contributed by atoms with van der Waals surface area (Å²) in [6, 6.07) is 2.66. The lowest BCUT2D eigenvalue weighted by Gasteiger charge is -2.26. The first-order valence-corrected chi connectivity index (χ1v) is 8.82. The van der Waals surface area contributed by atoms with E-state index in [-0.39, 0.29) is 32.5 Å². The van der Waals surface area contributed by atoms with Crippen molar-refractivity contribution >= 4 is 17.6 Å². The molecule has 2 aliphatic heterocycles. The van der Waals surface area contributed by atoms with Crippen molar-refractivity contribution in [1.29, 1.82) is 0 Å². The van der Waals surface area contributed by atoms with Crippen molar-refractivity contribution in [2.45, 2.75) is 37.8 Å². The van der Waals surface area contributed by atoms with Crippen molar-refractivity contribution < 1.29 is 32.6 Å². The number of anilines is 1. The zero-order valence-electron chi connectivity index (χ0n) is 14.9. The fourth-order valence-electron chi connectivity index (χ4n) is 3.21. The molecule has 2 atom stereocenters. The molecule has 1 saturated heterocycles. The summed E-state index contributed by atoms with van der Waals surface area (Å²) in [7, 11) is 0. The van der Waals surface area contributed by atoms with Crippen LogP contribution in [0.1, 0.15) is 18.4 Å². The number of benzene rings is 1. The Hall–Kier alpha value is -2.69. The topological polar surface area (TPSA) is 103 Å². The molecule has 154 valence electrons. The van der Waals surface area contributed by atoms with Crippen LogP contribution in [-0.4, -0.2) is 60.1 Å². The number of hydrogen-bond donors (Lipinski definition) is 4. The van der Waals surface area contributed by atoms with Gasteiger partial charge in [0.1, 0.15) is 18.4 Å². The Labute approximate surface area is 159 Å². The number of alkyl halides is 3. The van der Waals surface area contributed by atoms with Gasteiger partial charge in [0.15, 0.2) is 6.23 Å². The average Bonchev–Trinajstić information content (AvgIpc) is 3.15. The minimum Gasteiger partial charge on any atom is -0.487 e. The van der Waals surface area contributed by atoms with E-state index in [1.807, 2.05) is 0 Å². The van der Waals surface area contributed by atoms with Gasteiger partial charge in [-0.3, -0.25) is 4.79 Å². The van der Waals surface area contributed by atoms with Gasteiger partial charge in [-0.25, -0.2) is 4.79 Å². The molecule has 0 radical (unpaired) electrons. The van der Waals surface area contributed by atoms with E-state index in [9.17, 15) is 27.9 Å². The van der Waals surface area contributed by atoms with E-state index in [1.54, 1.807) is 18.2 Å². The molecule has 1 aromatic carbocycles. The number of urea groups is 1. The molecule has 0 aliphatic carbocycles. The Balaban J connectivity index is 1.45. The quantitative estimate of drug-likeness (QED) is 0.605. The Bertz CT molecular complexity index is 744. The van der Waals surface area contributed by atoms with Gasteiger partial charge in [-0.2, -0.15) is 13.2 Å². The fourth-order valence-corrected chi connectivity index (χ4v) is 3.21. The number of carbonyl (C=O) groups is 2. The third-order valence-corrected chi connectivity index (χ3v) is 4.57. The number of ether oxygens (including phenoxy) is 1. The predicted octanol–water partition coefficient (Wildman–Crippen LogP) is 1.16. The fraction of sp³-hybridized carbons (Fsp3) is 0.529. The zero-order chi connectivity index (χ0) is 20.3. The summed E-state index contributed by atoms with van der Waals surface area (Å²) in [6.45, 7) is -0.242. The van der Waals surface area contributed by atoms with Crippen molar-refractivity contribution in [2.75, 3.05) is 25.0 Å². The Morgan fingerprint density at radius 1 is 1.32 bits per heavy atom. The molecule has 2 aliphatic rings. The third kappa shape index (κ3) is 4.77. The van der Waals surface area contributed by atoms with Crippen LogP contribution in [0.3, 0.4) is 0 Å². The standard InChI is InChI=1S/C17H21F3N4O4/c18-17(19,20)13-2-1-5-24(13)15(26)8-22-16(27)21-7-10-3-4-11-12(6-10)28-9-14(25)23-11/h3-4,6,13-14,23,25H,1-2,5,7-9H2,(H2,21,22,27)/t13-,14-/m1/s1. The first-order valence-electron chi connectivity index (χ1n) is 8.82. The average molecular weight is 402 g/mol. The number of rotatable bonds is 4. The largest absolute Gasteiger partial charge is 0.487 e. The predicted molar refractivity (Wildman–Crippen MR) is 92.6 cm³/mol. The number of fused-ring (bicyclic) bond motifs is 1. The van der Waals surface area contributed by atoms with Crippen LogP contribution in [0.4, 0.5) is 23.7 Å². The summed E-state index contributed by atoms with van der Waals surface area (Å²) in [4.78, 5) is 24.6. The second-order valence-electron chi connectivity index (χ2n) is 6.62. The monoisotopic (exact) mass is 402 g/mol. The van der Waals surface area contributed by atoms with Crippen molar-refractivity contribution in [3.8, 4) is 5.75 Å². The van der Waals surface area contributed by atoms with Crippen molar-refractivity contribution in [3.63, 3.8) is 0 Å². The number of likely N-dealkylation sites (tertiary alicyclic amines) is 1. The SMILES string of the molecule is O=C(NCC(=O)N1CCC[C@@H]1C(F)(F)F)NCc1ccc2c(c1)OC[C@@H](O)N2. The molecule has 0 spiro atoms. The van der Waals surface area contributed by atoms with E-state index < -0.39 is 36.9 Å². The van der Waals surface area contributed by atoms with E-state index in [2.05, 4.69) is 16.0 Å². The molecular formula is C17H21F3N4O4. The molecule has 2 heterocycles. The number of nitrogens with one attached hydrogen (secondary N) is 3. The lowest BCUT2D eigenvalue weighted by molar-refractivity contribution is -0.182. The first kappa shape index (κ1) is 20.1. The van der Waals surface area contributed by atoms with E-state index in [4.69, 9.17) is 4.74 Å². The van der Waals surface area contributed by atoms with Crippen LogP contribution < -0.4 is 20.7 Å². The van der Waals surface area contributed by atoms with Crippen molar-refractivity contribution in [1.82, 2.24) is 15.5 Å². The Morgan fingerprint density at radius 2 is 2.11 bits per heavy atom. The Kier molecular flexibility index (Phi) is 5.82. The first-order chi connectivity index (χ1) is 13.2. The number of aliphatic hydroxyl groups is 1. The van der Waals surface area contributed by atoms with Crippen molar-refractivity contribution in [2.24, 2.45) is 0 Å². The van der Waals surface area contributed by atoms with Crippen LogP contribution in [0.15, 0.2) is 18.2 Å². The normalized spacial score (nSPS) is 21.4. The minimum atomic E-state index is -4.46. The number of amides is 3. The summed E-state index contributed by atoms with van der Waals surface area (Å²) in [6.07, 6.45) is -5.08. The maximum Gasteiger partial charge on any atom is 0.408 e. The lowest BCUT2D eigenvalue weighted by Crippen LogP contribution is -2.49. The molecule has 28 heavy (non-hydrogen) atoms. The molecule has 0 aromatic heterocycles. The molecule has 0 unspecified atom stereocenters. The molecule has 0 bridgehead atoms. The number of hydrogen-bond acceptors (Lipinski definition) is 5. The summed E-state index contributed by atoms with van der Waals surface area (Å²) in [5.74, 6) is -0.228. The second-order valence-corrected chi connectivity index (χ2v) is 6.62. The summed E-state index contributed by atoms with van der Waals surface area (Å²) >= 11 is 0. The van der Waals surface area contributed by atoms with E-state index in [0.29, 0.717) is 11.4 Å². The van der Waals surface area contributed by atoms with Gasteiger partial charge in [0, 0.05) is 13.1 Å². The zero-order valence-corrected chi connectivity index (χ0v) is 14.9. The smallest absolute Gasteiger partial charge is 0.408 e. The molecular weight excluding hydrogens is 381 g/mol. The lowest BCUT2D eigenvalue weighted by atomic mass is 10.1. The molecule has 1 fully saturated rings. The van der Waals surface area contributed by atoms with Gasteiger partial charge in [-0.1, -0.05) is 6.07 Å². The van der Waals surface area contributed by atoms with Crippen LogP contribution >= 0.6 is 0 Å². The molecule has 1 aromatic rings. The number of aliphatic hydroxyl groups excluding tert-OH is 1. The molecule has 11 heteroatoms. The molecule has 8 nitrogen and oxygen atoms in total. The summed E-state index contributed by atoms with van der Waals surface area (Å²) in [5.41, 5.74) is 1.34. The highest BCUT2D eigenvalue weighted by Gasteiger charge is 2.47. The highest BCUT2D eigenvalue weighted by Crippen LogP contribution is 2.32. The minimum absolute atomic E-state index is 0.0319. The number of nitrogens with zero attached hydrogens (tertiary/aromatic N) is 1. The van der Waals surface area contributed by atoms with Gasteiger partial charge in [-0.15, -0.1) is 0 Å². The van der Waals surface area contributed by atoms with Crippen LogP contribution in [-0.2, 0) is 11.3 Å². The maximum atomic E-state index is 12.9. The molecule has 3 rings (SSSR count). The van der Waals surface area contributed by atoms with E-state index in [1.165, 1.54) is 0 Å². The van der Waals surface area contributed by atoms with Gasteiger partial charge < -0.3 is 30.7 Å². The van der Waals surface area contributed by atoms with Gasteiger partial charge >= 0.3 is 12.2 Å².